The molecule has 4 bridgehead atoms. The SMILES string of the molecule is CC(=O)[C@H]1CCCN(C(=O)c2nc(N3CCCc4c3nnc(Nc3nc5ccccc5s3)c4C)ccc2-c2cnn(CC34CC5(C)CC(C)(C3)CC(OCCN3CCCC3)(C5)C4)c2C)C1. The molecule has 1 N–H and O–H groups in total. The van der Waals surface area contributed by atoms with E-state index in [1.807, 2.05) is 35.4 Å². The Morgan fingerprint density at radius 2 is 1.68 bits per heavy atom. The standard InChI is InChI=1S/C51H64N10O3S/c1-33-37-13-11-21-60(45(37)57-56-44(33)55-47-53-40-14-6-7-15-41(40)65-47)42-17-16-38(43(54-42)46(63)59-20-10-12-36(25-59)35(3)62)39-24-52-61(34(39)2)32-50-27-48(4)26-49(5,28-50)30-51(29-48,31-50)64-23-22-58-18-8-9-19-58/h6-7,14-17,24,36H,8-13,18-23,25-32H2,1-5H3,(H,53,55,56)/t36-,48?,49?,50?,51?/m0/s1. The Kier molecular flexibility index (Phi) is 10.7. The minimum absolute atomic E-state index is 0.0841. The zero-order chi connectivity index (χ0) is 44.7. The number of benzene rings is 1. The van der Waals surface area contributed by atoms with Gasteiger partial charge < -0.3 is 24.8 Å². The van der Waals surface area contributed by atoms with Crippen molar-refractivity contribution in [2.45, 2.75) is 124 Å². The summed E-state index contributed by atoms with van der Waals surface area (Å²) in [5, 5.41) is 18.9. The number of carbonyl (C=O) groups is 2. The third-order valence-corrected chi connectivity index (χ3v) is 17.0. The number of ether oxygens (including phenoxy) is 1. The van der Waals surface area contributed by atoms with Gasteiger partial charge in [-0.25, -0.2) is 9.97 Å². The molecule has 2 saturated heterocycles. The quantitative estimate of drug-likeness (QED) is 0.128. The van der Waals surface area contributed by atoms with Crippen molar-refractivity contribution in [2.24, 2.45) is 22.2 Å². The Bertz CT molecular complexity index is 2620. The van der Waals surface area contributed by atoms with Crippen LogP contribution >= 0.6 is 11.3 Å². The van der Waals surface area contributed by atoms with Crippen LogP contribution in [0.3, 0.4) is 0 Å². The van der Waals surface area contributed by atoms with Crippen molar-refractivity contribution in [1.29, 1.82) is 0 Å². The number of thiazole rings is 1. The number of aromatic nitrogens is 6. The van der Waals surface area contributed by atoms with Crippen molar-refractivity contribution >= 4 is 55.8 Å². The first-order valence-electron chi connectivity index (χ1n) is 24.2. The van der Waals surface area contributed by atoms with Gasteiger partial charge in [-0.3, -0.25) is 14.3 Å². The van der Waals surface area contributed by atoms with Crippen LogP contribution in [0, 0.1) is 36.0 Å². The topological polar surface area (TPSA) is 134 Å². The lowest BCUT2D eigenvalue weighted by Gasteiger charge is -2.69. The lowest BCUT2D eigenvalue weighted by atomic mass is 9.39. The number of ketones is 1. The van der Waals surface area contributed by atoms with Crippen LogP contribution in [0.5, 0.6) is 0 Å². The number of hydrogen-bond donors (Lipinski definition) is 1. The van der Waals surface area contributed by atoms with E-state index in [-0.39, 0.29) is 39.5 Å². The molecular formula is C51H64N10O3S. The third kappa shape index (κ3) is 7.94. The Morgan fingerprint density at radius 1 is 0.877 bits per heavy atom. The number of fused-ring (bicyclic) bond motifs is 2. The molecule has 13 nitrogen and oxygen atoms in total. The minimum atomic E-state index is -0.168. The average molecular weight is 897 g/mol. The van der Waals surface area contributed by atoms with Crippen molar-refractivity contribution in [3.05, 3.63) is 65.1 Å². The van der Waals surface area contributed by atoms with Gasteiger partial charge in [-0.1, -0.05) is 37.3 Å². The monoisotopic (exact) mass is 896 g/mol. The summed E-state index contributed by atoms with van der Waals surface area (Å²) in [6.45, 7) is 17.7. The highest BCUT2D eigenvalue weighted by Gasteiger charge is 2.66. The normalized spacial score (nSPS) is 28.6. The number of piperidine rings is 1. The zero-order valence-electron chi connectivity index (χ0n) is 38.9. The summed E-state index contributed by atoms with van der Waals surface area (Å²) in [4.78, 5) is 44.1. The van der Waals surface area contributed by atoms with E-state index in [1.54, 1.807) is 18.3 Å². The number of likely N-dealkylation sites (tertiary alicyclic amines) is 2. The van der Waals surface area contributed by atoms with E-state index in [0.29, 0.717) is 37.0 Å². The Morgan fingerprint density at radius 3 is 2.46 bits per heavy atom. The fraction of sp³-hybridized carbons (Fsp3) is 0.588. The number of pyridine rings is 1. The molecule has 12 rings (SSSR count). The van der Waals surface area contributed by atoms with E-state index in [2.05, 4.69) is 59.6 Å². The van der Waals surface area contributed by atoms with Gasteiger partial charge in [0.15, 0.2) is 16.8 Å². The number of carbonyl (C=O) groups excluding carboxylic acids is 2. The van der Waals surface area contributed by atoms with E-state index < -0.39 is 0 Å². The number of nitrogens with zero attached hydrogens (tertiary/aromatic N) is 9. The van der Waals surface area contributed by atoms with Gasteiger partial charge in [0.1, 0.15) is 17.3 Å². The highest BCUT2D eigenvalue weighted by Crippen LogP contribution is 2.72. The van der Waals surface area contributed by atoms with Gasteiger partial charge in [0.25, 0.3) is 5.91 Å². The van der Waals surface area contributed by atoms with Crippen LogP contribution < -0.4 is 10.2 Å². The molecule has 342 valence electrons. The first-order valence-corrected chi connectivity index (χ1v) is 25.1. The van der Waals surface area contributed by atoms with Crippen molar-refractivity contribution in [3.63, 3.8) is 0 Å². The Balaban J connectivity index is 0.907. The second-order valence-corrected chi connectivity index (χ2v) is 22.7. The smallest absolute Gasteiger partial charge is 0.273 e. The molecular weight excluding hydrogens is 833 g/mol. The van der Waals surface area contributed by atoms with Gasteiger partial charge in [-0.2, -0.15) is 5.10 Å². The Labute approximate surface area is 386 Å². The predicted molar refractivity (Wildman–Crippen MR) is 255 cm³/mol. The maximum absolute atomic E-state index is 14.9. The second-order valence-electron chi connectivity index (χ2n) is 21.7. The summed E-state index contributed by atoms with van der Waals surface area (Å²) < 4.78 is 10.4. The van der Waals surface area contributed by atoms with Crippen LogP contribution in [0.15, 0.2) is 42.6 Å². The van der Waals surface area contributed by atoms with Crippen molar-refractivity contribution in [1.82, 2.24) is 39.7 Å². The molecule has 4 aliphatic carbocycles. The average Bonchev–Trinajstić information content (AvgIpc) is 4.03. The molecule has 6 fully saturated rings. The predicted octanol–water partition coefficient (Wildman–Crippen LogP) is 9.46. The highest BCUT2D eigenvalue weighted by molar-refractivity contribution is 7.22. The molecule has 65 heavy (non-hydrogen) atoms. The van der Waals surface area contributed by atoms with E-state index in [1.165, 1.54) is 45.2 Å². The van der Waals surface area contributed by atoms with Gasteiger partial charge >= 0.3 is 0 Å². The lowest BCUT2D eigenvalue weighted by molar-refractivity contribution is -0.248. The largest absolute Gasteiger partial charge is 0.374 e. The number of nitrogens with one attached hydrogen (secondary N) is 1. The second kappa shape index (κ2) is 16.2. The summed E-state index contributed by atoms with van der Waals surface area (Å²) >= 11 is 1.60. The molecule has 0 radical (unpaired) electrons. The molecule has 0 spiro atoms. The summed E-state index contributed by atoms with van der Waals surface area (Å²) in [6.07, 6.45) is 14.9. The van der Waals surface area contributed by atoms with Crippen LogP contribution in [-0.2, 0) is 22.5 Å². The minimum Gasteiger partial charge on any atom is -0.374 e. The summed E-state index contributed by atoms with van der Waals surface area (Å²) in [7, 11) is 0. The molecule has 4 saturated carbocycles. The molecule has 1 amide bonds. The number of rotatable bonds is 12. The number of amides is 1. The Hall–Kier alpha value is -4.79. The van der Waals surface area contributed by atoms with E-state index in [9.17, 15) is 9.59 Å². The van der Waals surface area contributed by atoms with Crippen LogP contribution in [-0.4, -0.2) is 103 Å². The summed E-state index contributed by atoms with van der Waals surface area (Å²) in [6, 6.07) is 12.2. The van der Waals surface area contributed by atoms with Gasteiger partial charge in [0.2, 0.25) is 0 Å². The number of anilines is 4. The fourth-order valence-electron chi connectivity index (χ4n) is 14.3. The third-order valence-electron chi connectivity index (χ3n) is 16.1. The molecule has 3 atom stereocenters. The first-order chi connectivity index (χ1) is 31.3. The molecule has 14 heteroatoms. The molecule has 2 unspecified atom stereocenters. The maximum atomic E-state index is 14.9. The number of Topliss-reactive ketones (excluding diaryl/α,β-unsaturated/α-hetero) is 1. The van der Waals surface area contributed by atoms with Gasteiger partial charge in [0, 0.05) is 66.6 Å². The molecule has 3 aliphatic heterocycles. The molecule has 1 aromatic carbocycles. The highest BCUT2D eigenvalue weighted by atomic mass is 32.1. The van der Waals surface area contributed by atoms with Crippen molar-refractivity contribution in [2.75, 3.05) is 56.1 Å². The van der Waals surface area contributed by atoms with Crippen LogP contribution in [0.4, 0.5) is 22.6 Å². The molecule has 4 aromatic heterocycles. The van der Waals surface area contributed by atoms with Crippen LogP contribution in [0.2, 0.25) is 0 Å². The van der Waals surface area contributed by atoms with Crippen molar-refractivity contribution < 1.29 is 14.3 Å². The first kappa shape index (κ1) is 42.8. The summed E-state index contributed by atoms with van der Waals surface area (Å²) in [5.41, 5.74) is 6.71. The van der Waals surface area contributed by atoms with E-state index >= 15 is 0 Å². The lowest BCUT2D eigenvalue weighted by Crippen LogP contribution is -2.64. The maximum Gasteiger partial charge on any atom is 0.273 e. The van der Waals surface area contributed by atoms with Crippen LogP contribution in [0.1, 0.15) is 119 Å². The van der Waals surface area contributed by atoms with E-state index in [4.69, 9.17) is 30.0 Å². The van der Waals surface area contributed by atoms with Gasteiger partial charge in [-0.15, -0.1) is 10.2 Å². The molecule has 7 heterocycles. The van der Waals surface area contributed by atoms with Crippen molar-refractivity contribution in [3.8, 4) is 11.1 Å². The molecule has 5 aromatic rings. The van der Waals surface area contributed by atoms with Gasteiger partial charge in [0.05, 0.1) is 28.6 Å². The van der Waals surface area contributed by atoms with Crippen LogP contribution in [0.25, 0.3) is 21.3 Å². The van der Waals surface area contributed by atoms with E-state index in [0.717, 1.165) is 114 Å². The number of hydrogen-bond acceptors (Lipinski definition) is 12. The van der Waals surface area contributed by atoms with Gasteiger partial charge in [-0.05, 0) is 151 Å². The summed E-state index contributed by atoms with van der Waals surface area (Å²) in [5.74, 6) is 1.93. The zero-order valence-corrected chi connectivity index (χ0v) is 39.7. The number of para-hydroxylation sites is 1. The molecule has 7 aliphatic rings. The fourth-order valence-corrected chi connectivity index (χ4v) is 15.2.